The van der Waals surface area contributed by atoms with Crippen molar-refractivity contribution in [3.05, 3.63) is 17.8 Å². The van der Waals surface area contributed by atoms with Gasteiger partial charge in [-0.3, -0.25) is 0 Å². The molecule has 0 N–H and O–H groups in total. The van der Waals surface area contributed by atoms with Gasteiger partial charge in [-0.15, -0.1) is 0 Å². The van der Waals surface area contributed by atoms with Gasteiger partial charge in [-0.25, -0.2) is 10.2 Å². The van der Waals surface area contributed by atoms with Crippen LogP contribution >= 0.6 is 0 Å². The van der Waals surface area contributed by atoms with E-state index in [1.54, 1.807) is 0 Å². The molecule has 2 aliphatic heterocycles. The van der Waals surface area contributed by atoms with Gasteiger partial charge in [-0.2, -0.15) is 0 Å². The third-order valence-electron chi connectivity index (χ3n) is 4.30. The zero-order valence-corrected chi connectivity index (χ0v) is 14.6. The maximum Gasteiger partial charge on any atom is 0.271 e. The first-order valence-electron chi connectivity index (χ1n) is 8.72. The molecule has 3 rings (SSSR count). The van der Waals surface area contributed by atoms with Gasteiger partial charge in [0.1, 0.15) is 5.82 Å². The number of aromatic nitrogens is 1. The summed E-state index contributed by atoms with van der Waals surface area (Å²) in [6.45, 7) is 11.6. The summed E-state index contributed by atoms with van der Waals surface area (Å²) in [5, 5.41) is 9.01. The van der Waals surface area contributed by atoms with E-state index in [2.05, 4.69) is 39.8 Å². The van der Waals surface area contributed by atoms with E-state index in [0.717, 1.165) is 63.5 Å². The van der Waals surface area contributed by atoms with Crippen LogP contribution in [0.2, 0.25) is 12.6 Å². The molecule has 0 spiro atoms. The molecule has 2 fully saturated rings. The molecule has 0 unspecified atom stereocenters. The number of rotatable bonds is 2. The number of hydrogen-bond donors (Lipinski definition) is 0. The zero-order chi connectivity index (χ0) is 16.7. The van der Waals surface area contributed by atoms with Gasteiger partial charge in [0.15, 0.2) is 0 Å². The largest absolute Gasteiger partial charge is 0.378 e. The number of anilines is 2. The van der Waals surface area contributed by atoms with Crippen LogP contribution in [0, 0.1) is 18.2 Å². The summed E-state index contributed by atoms with van der Waals surface area (Å²) in [5.41, 5.74) is 2.29. The highest BCUT2D eigenvalue weighted by atomic mass is 16.5. The zero-order valence-electron chi connectivity index (χ0n) is 14.6. The standard InChI is InChI=1S/C15H21BN4O.C2H6/c1-13-10-14(19-4-2-16(12-17)3-5-19)11-15(18-13)20-6-8-21-9-7-20;1-2/h10-11H,2-9H2,1H3;1-2H3. The van der Waals surface area contributed by atoms with E-state index in [9.17, 15) is 0 Å². The van der Waals surface area contributed by atoms with E-state index >= 15 is 0 Å². The van der Waals surface area contributed by atoms with Crippen LogP contribution in [0.3, 0.4) is 0 Å². The van der Waals surface area contributed by atoms with Crippen molar-refractivity contribution in [2.45, 2.75) is 33.4 Å². The third-order valence-corrected chi connectivity index (χ3v) is 4.30. The maximum atomic E-state index is 9.01. The highest BCUT2D eigenvalue weighted by Crippen LogP contribution is 2.25. The maximum absolute atomic E-state index is 9.01. The van der Waals surface area contributed by atoms with E-state index in [0.29, 0.717) is 0 Å². The molecule has 3 heterocycles. The predicted molar refractivity (Wildman–Crippen MR) is 96.5 cm³/mol. The van der Waals surface area contributed by atoms with Crippen LogP contribution in [0.4, 0.5) is 11.5 Å². The first kappa shape index (κ1) is 17.6. The molecule has 2 saturated heterocycles. The van der Waals surface area contributed by atoms with E-state index in [-0.39, 0.29) is 6.71 Å². The fraction of sp³-hybridized carbons (Fsp3) is 0.647. The summed E-state index contributed by atoms with van der Waals surface area (Å²) in [6.07, 6.45) is 1.93. The summed E-state index contributed by atoms with van der Waals surface area (Å²) >= 11 is 0. The SMILES string of the molecule is CC.Cc1cc(N2CCB(C#N)CC2)cc(N2CCOCC2)n1. The molecule has 0 amide bonds. The van der Waals surface area contributed by atoms with Crippen molar-refractivity contribution in [2.75, 3.05) is 49.2 Å². The van der Waals surface area contributed by atoms with Crippen molar-refractivity contribution in [2.24, 2.45) is 0 Å². The molecule has 0 aromatic carbocycles. The highest BCUT2D eigenvalue weighted by Gasteiger charge is 2.23. The van der Waals surface area contributed by atoms with Crippen molar-refractivity contribution < 1.29 is 4.74 Å². The molecule has 124 valence electrons. The second-order valence-corrected chi connectivity index (χ2v) is 5.81. The normalized spacial score (nSPS) is 18.1. The van der Waals surface area contributed by atoms with Crippen LogP contribution in [0.5, 0.6) is 0 Å². The lowest BCUT2D eigenvalue weighted by Crippen LogP contribution is -2.38. The lowest BCUT2D eigenvalue weighted by molar-refractivity contribution is 0.122. The first-order valence-corrected chi connectivity index (χ1v) is 8.72. The van der Waals surface area contributed by atoms with Gasteiger partial charge >= 0.3 is 0 Å². The summed E-state index contributed by atoms with van der Waals surface area (Å²) in [4.78, 5) is 9.35. The van der Waals surface area contributed by atoms with E-state index in [1.165, 1.54) is 5.69 Å². The van der Waals surface area contributed by atoms with Gasteiger partial charge in [0.2, 0.25) is 0 Å². The minimum atomic E-state index is 0.225. The smallest absolute Gasteiger partial charge is 0.271 e. The van der Waals surface area contributed by atoms with Crippen LogP contribution in [0.25, 0.3) is 0 Å². The molecule has 23 heavy (non-hydrogen) atoms. The molecule has 6 heteroatoms. The van der Waals surface area contributed by atoms with Gasteiger partial charge in [0, 0.05) is 49.6 Å². The molecule has 1 aromatic rings. The van der Waals surface area contributed by atoms with E-state index < -0.39 is 0 Å². The lowest BCUT2D eigenvalue weighted by Gasteiger charge is -2.32. The Bertz CT molecular complexity index is 532. The molecule has 0 aliphatic carbocycles. The van der Waals surface area contributed by atoms with Crippen LogP contribution in [-0.2, 0) is 4.74 Å². The lowest BCUT2D eigenvalue weighted by atomic mass is 9.45. The van der Waals surface area contributed by atoms with Crippen molar-refractivity contribution in [1.82, 2.24) is 4.98 Å². The number of nitrogens with zero attached hydrogens (tertiary/aromatic N) is 4. The van der Waals surface area contributed by atoms with Gasteiger partial charge < -0.3 is 14.5 Å². The topological polar surface area (TPSA) is 52.4 Å². The van der Waals surface area contributed by atoms with Crippen molar-refractivity contribution in [1.29, 1.82) is 5.26 Å². The Morgan fingerprint density at radius 1 is 1.09 bits per heavy atom. The fourth-order valence-corrected chi connectivity index (χ4v) is 3.04. The fourth-order valence-electron chi connectivity index (χ4n) is 3.04. The van der Waals surface area contributed by atoms with E-state index in [1.807, 2.05) is 13.8 Å². The molecule has 0 bridgehead atoms. The molecular weight excluding hydrogens is 287 g/mol. The summed E-state index contributed by atoms with van der Waals surface area (Å²) in [6, 6.07) is 4.33. The second kappa shape index (κ2) is 8.78. The number of aryl methyl sites for hydroxylation is 1. The number of nitriles is 1. The Balaban J connectivity index is 0.000000924. The third kappa shape index (κ3) is 4.62. The Kier molecular flexibility index (Phi) is 6.73. The van der Waals surface area contributed by atoms with Crippen LogP contribution < -0.4 is 9.80 Å². The molecule has 1 aromatic heterocycles. The Morgan fingerprint density at radius 3 is 2.35 bits per heavy atom. The minimum absolute atomic E-state index is 0.225. The molecule has 0 saturated carbocycles. The molecule has 0 radical (unpaired) electrons. The highest BCUT2D eigenvalue weighted by molar-refractivity contribution is 6.67. The number of ether oxygens (including phenoxy) is 1. The van der Waals surface area contributed by atoms with E-state index in [4.69, 9.17) is 10.00 Å². The number of morpholine rings is 1. The van der Waals surface area contributed by atoms with Crippen molar-refractivity contribution in [3.8, 4) is 5.97 Å². The average molecular weight is 314 g/mol. The van der Waals surface area contributed by atoms with Crippen molar-refractivity contribution >= 4 is 18.2 Å². The monoisotopic (exact) mass is 314 g/mol. The van der Waals surface area contributed by atoms with Gasteiger partial charge in [-0.05, 0) is 25.6 Å². The Labute approximate surface area is 140 Å². The molecule has 0 atom stereocenters. The summed E-state index contributed by atoms with van der Waals surface area (Å²) < 4.78 is 5.41. The van der Waals surface area contributed by atoms with Crippen LogP contribution in [0.1, 0.15) is 19.5 Å². The van der Waals surface area contributed by atoms with Crippen LogP contribution in [-0.4, -0.2) is 51.1 Å². The Hall–Kier alpha value is -1.74. The van der Waals surface area contributed by atoms with Gasteiger partial charge in [0.25, 0.3) is 6.71 Å². The molecule has 5 nitrogen and oxygen atoms in total. The number of hydrogen-bond acceptors (Lipinski definition) is 5. The predicted octanol–water partition coefficient (Wildman–Crippen LogP) is 2.63. The summed E-state index contributed by atoms with van der Waals surface area (Å²) in [5.74, 6) is 3.44. The number of pyridine rings is 1. The second-order valence-electron chi connectivity index (χ2n) is 5.81. The quantitative estimate of drug-likeness (QED) is 0.786. The van der Waals surface area contributed by atoms with Crippen LogP contribution in [0.15, 0.2) is 12.1 Å². The summed E-state index contributed by atoms with van der Waals surface area (Å²) in [7, 11) is 0. The van der Waals surface area contributed by atoms with Gasteiger partial charge in [-0.1, -0.05) is 13.8 Å². The molecular formula is C17H27BN4O. The molecule has 2 aliphatic rings. The van der Waals surface area contributed by atoms with Gasteiger partial charge in [0.05, 0.1) is 13.2 Å². The average Bonchev–Trinajstić information content (AvgIpc) is 2.64. The first-order chi connectivity index (χ1) is 11.3. The Morgan fingerprint density at radius 2 is 1.74 bits per heavy atom. The van der Waals surface area contributed by atoms with Crippen molar-refractivity contribution in [3.63, 3.8) is 0 Å². The minimum Gasteiger partial charge on any atom is -0.378 e.